The van der Waals surface area contributed by atoms with E-state index in [2.05, 4.69) is 23.8 Å². The molecule has 0 amide bonds. The summed E-state index contributed by atoms with van der Waals surface area (Å²) in [7, 11) is 0. The van der Waals surface area contributed by atoms with Crippen molar-refractivity contribution >= 4 is 11.8 Å². The van der Waals surface area contributed by atoms with Crippen LogP contribution in [0.2, 0.25) is 0 Å². The maximum absolute atomic E-state index is 11.0. The summed E-state index contributed by atoms with van der Waals surface area (Å²) in [5, 5.41) is 9.03. The van der Waals surface area contributed by atoms with Crippen molar-refractivity contribution in [3.05, 3.63) is 18.1 Å². The molecule has 5 heteroatoms. The molecule has 0 saturated carbocycles. The third-order valence-electron chi connectivity index (χ3n) is 3.17. The zero-order valence-electron chi connectivity index (χ0n) is 9.42. The summed E-state index contributed by atoms with van der Waals surface area (Å²) in [6.45, 7) is 6.03. The van der Waals surface area contributed by atoms with Crippen LogP contribution in [0.1, 0.15) is 24.3 Å². The molecule has 86 valence electrons. The summed E-state index contributed by atoms with van der Waals surface area (Å²) in [5.74, 6) is 0.591. The highest BCUT2D eigenvalue weighted by molar-refractivity contribution is 5.90. The lowest BCUT2D eigenvalue weighted by atomic mass is 10.0. The van der Waals surface area contributed by atoms with Gasteiger partial charge in [0, 0.05) is 25.5 Å². The molecule has 2 atom stereocenters. The standard InChI is InChI=1S/C11H15N3O2/c1-7-5-14(6-8(7)2)10-9(11(15)16)12-3-4-13-10/h3-4,7-8H,5-6H2,1-2H3,(H,15,16). The molecule has 2 heterocycles. The van der Waals surface area contributed by atoms with E-state index in [1.807, 2.05) is 4.90 Å². The van der Waals surface area contributed by atoms with Crippen LogP contribution in [0.3, 0.4) is 0 Å². The molecule has 1 saturated heterocycles. The third-order valence-corrected chi connectivity index (χ3v) is 3.17. The lowest BCUT2D eigenvalue weighted by molar-refractivity contribution is 0.0690. The monoisotopic (exact) mass is 221 g/mol. The molecule has 1 aromatic rings. The highest BCUT2D eigenvalue weighted by Gasteiger charge is 2.29. The molecule has 1 fully saturated rings. The average molecular weight is 221 g/mol. The SMILES string of the molecule is CC1CN(c2nccnc2C(=O)O)CC1C. The van der Waals surface area contributed by atoms with Gasteiger partial charge in [-0.2, -0.15) is 0 Å². The first-order chi connectivity index (χ1) is 7.59. The first kappa shape index (κ1) is 10.9. The predicted molar refractivity (Wildman–Crippen MR) is 59.5 cm³/mol. The van der Waals surface area contributed by atoms with Gasteiger partial charge in [0.15, 0.2) is 11.5 Å². The van der Waals surface area contributed by atoms with Gasteiger partial charge >= 0.3 is 5.97 Å². The maximum Gasteiger partial charge on any atom is 0.358 e. The molecule has 1 N–H and O–H groups in total. The number of carbonyl (C=O) groups is 1. The van der Waals surface area contributed by atoms with E-state index in [0.29, 0.717) is 17.7 Å². The number of carboxylic acid groups (broad SMARTS) is 1. The van der Waals surface area contributed by atoms with Gasteiger partial charge in [0.05, 0.1) is 0 Å². The summed E-state index contributed by atoms with van der Waals surface area (Å²) < 4.78 is 0. The Hall–Kier alpha value is -1.65. The Morgan fingerprint density at radius 1 is 1.31 bits per heavy atom. The number of hydrogen-bond acceptors (Lipinski definition) is 4. The van der Waals surface area contributed by atoms with E-state index in [1.165, 1.54) is 12.4 Å². The van der Waals surface area contributed by atoms with Crippen molar-refractivity contribution in [1.29, 1.82) is 0 Å². The van der Waals surface area contributed by atoms with Gasteiger partial charge in [-0.3, -0.25) is 0 Å². The minimum atomic E-state index is -1.02. The van der Waals surface area contributed by atoms with Crippen molar-refractivity contribution in [1.82, 2.24) is 9.97 Å². The lowest BCUT2D eigenvalue weighted by Crippen LogP contribution is -2.24. The molecule has 1 aliphatic heterocycles. The highest BCUT2D eigenvalue weighted by atomic mass is 16.4. The Morgan fingerprint density at radius 2 is 1.88 bits per heavy atom. The molecule has 16 heavy (non-hydrogen) atoms. The zero-order chi connectivity index (χ0) is 11.7. The summed E-state index contributed by atoms with van der Waals surface area (Å²) >= 11 is 0. The second-order valence-electron chi connectivity index (χ2n) is 4.39. The number of carboxylic acids is 1. The van der Waals surface area contributed by atoms with Gasteiger partial charge < -0.3 is 10.0 Å². The lowest BCUT2D eigenvalue weighted by Gasteiger charge is -2.17. The molecule has 0 spiro atoms. The molecule has 0 radical (unpaired) electrons. The van der Waals surface area contributed by atoms with E-state index in [4.69, 9.17) is 5.11 Å². The summed E-state index contributed by atoms with van der Waals surface area (Å²) in [6, 6.07) is 0. The quantitative estimate of drug-likeness (QED) is 0.814. The van der Waals surface area contributed by atoms with Gasteiger partial charge in [-0.25, -0.2) is 14.8 Å². The molecular formula is C11H15N3O2. The van der Waals surface area contributed by atoms with Gasteiger partial charge in [0.25, 0.3) is 0 Å². The van der Waals surface area contributed by atoms with Crippen LogP contribution < -0.4 is 4.90 Å². The average Bonchev–Trinajstić information content (AvgIpc) is 2.59. The van der Waals surface area contributed by atoms with E-state index in [9.17, 15) is 4.79 Å². The maximum atomic E-state index is 11.0. The second-order valence-corrected chi connectivity index (χ2v) is 4.39. The van der Waals surface area contributed by atoms with E-state index in [0.717, 1.165) is 13.1 Å². The molecule has 1 aromatic heterocycles. The fraction of sp³-hybridized carbons (Fsp3) is 0.545. The van der Waals surface area contributed by atoms with Gasteiger partial charge in [0.2, 0.25) is 0 Å². The van der Waals surface area contributed by atoms with Gasteiger partial charge in [-0.15, -0.1) is 0 Å². The van der Waals surface area contributed by atoms with Crippen molar-refractivity contribution in [2.75, 3.05) is 18.0 Å². The topological polar surface area (TPSA) is 66.3 Å². The Morgan fingerprint density at radius 3 is 2.44 bits per heavy atom. The minimum absolute atomic E-state index is 0.0452. The minimum Gasteiger partial charge on any atom is -0.476 e. The third kappa shape index (κ3) is 1.85. The molecule has 2 unspecified atom stereocenters. The van der Waals surface area contributed by atoms with Crippen LogP contribution in [0.25, 0.3) is 0 Å². The van der Waals surface area contributed by atoms with Gasteiger partial charge in [-0.1, -0.05) is 13.8 Å². The van der Waals surface area contributed by atoms with Crippen molar-refractivity contribution in [2.45, 2.75) is 13.8 Å². The number of aromatic carboxylic acids is 1. The fourth-order valence-corrected chi connectivity index (χ4v) is 2.02. The fourth-order valence-electron chi connectivity index (χ4n) is 2.02. The molecule has 0 aromatic carbocycles. The van der Waals surface area contributed by atoms with Gasteiger partial charge in [-0.05, 0) is 11.8 Å². The van der Waals surface area contributed by atoms with Crippen LogP contribution in [0, 0.1) is 11.8 Å². The summed E-state index contributed by atoms with van der Waals surface area (Å²) in [5.41, 5.74) is 0.0452. The summed E-state index contributed by atoms with van der Waals surface area (Å²) in [6.07, 6.45) is 2.95. The zero-order valence-corrected chi connectivity index (χ0v) is 9.42. The molecule has 2 rings (SSSR count). The number of rotatable bonds is 2. The number of nitrogens with zero attached hydrogens (tertiary/aromatic N) is 3. The van der Waals surface area contributed by atoms with E-state index in [-0.39, 0.29) is 5.69 Å². The van der Waals surface area contributed by atoms with Crippen molar-refractivity contribution < 1.29 is 9.90 Å². The molecule has 0 bridgehead atoms. The van der Waals surface area contributed by atoms with Crippen LogP contribution in [0.15, 0.2) is 12.4 Å². The van der Waals surface area contributed by atoms with E-state index in [1.54, 1.807) is 0 Å². The largest absolute Gasteiger partial charge is 0.476 e. The number of aromatic nitrogens is 2. The van der Waals surface area contributed by atoms with E-state index < -0.39 is 5.97 Å². The molecular weight excluding hydrogens is 206 g/mol. The van der Waals surface area contributed by atoms with Crippen LogP contribution in [0.5, 0.6) is 0 Å². The van der Waals surface area contributed by atoms with Crippen LogP contribution >= 0.6 is 0 Å². The summed E-state index contributed by atoms with van der Waals surface area (Å²) in [4.78, 5) is 21.0. The van der Waals surface area contributed by atoms with Crippen LogP contribution in [-0.4, -0.2) is 34.1 Å². The van der Waals surface area contributed by atoms with Crippen LogP contribution in [-0.2, 0) is 0 Å². The van der Waals surface area contributed by atoms with Crippen molar-refractivity contribution in [3.8, 4) is 0 Å². The van der Waals surface area contributed by atoms with Gasteiger partial charge in [0.1, 0.15) is 0 Å². The predicted octanol–water partition coefficient (Wildman–Crippen LogP) is 1.27. The van der Waals surface area contributed by atoms with E-state index >= 15 is 0 Å². The Kier molecular flexibility index (Phi) is 2.77. The number of anilines is 1. The van der Waals surface area contributed by atoms with Crippen molar-refractivity contribution in [2.24, 2.45) is 11.8 Å². The highest BCUT2D eigenvalue weighted by Crippen LogP contribution is 2.27. The Balaban J connectivity index is 2.31. The second kappa shape index (κ2) is 4.08. The Bertz CT molecular complexity index is 398. The molecule has 5 nitrogen and oxygen atoms in total. The molecule has 1 aliphatic rings. The number of hydrogen-bond donors (Lipinski definition) is 1. The molecule has 0 aliphatic carbocycles. The van der Waals surface area contributed by atoms with Crippen molar-refractivity contribution in [3.63, 3.8) is 0 Å². The first-order valence-electron chi connectivity index (χ1n) is 5.39. The first-order valence-corrected chi connectivity index (χ1v) is 5.39. The Labute approximate surface area is 94.1 Å². The smallest absolute Gasteiger partial charge is 0.358 e. The normalized spacial score (nSPS) is 24.8. The van der Waals surface area contributed by atoms with Crippen LogP contribution in [0.4, 0.5) is 5.82 Å².